The normalized spacial score (nSPS) is 23.7. The van der Waals surface area contributed by atoms with Crippen LogP contribution in [0.3, 0.4) is 0 Å². The molecular weight excluding hydrogens is 611 g/mol. The van der Waals surface area contributed by atoms with Gasteiger partial charge in [0.15, 0.2) is 0 Å². The van der Waals surface area contributed by atoms with Crippen LogP contribution in [0.5, 0.6) is 5.75 Å². The third kappa shape index (κ3) is 3.67. The van der Waals surface area contributed by atoms with E-state index >= 15 is 0 Å². The van der Waals surface area contributed by atoms with Gasteiger partial charge in [0, 0.05) is 11.5 Å². The molecule has 4 atom stereocenters. The number of imide groups is 1. The Labute approximate surface area is 266 Å². The number of rotatable bonds is 3. The van der Waals surface area contributed by atoms with Crippen molar-refractivity contribution in [3.05, 3.63) is 134 Å². The van der Waals surface area contributed by atoms with Crippen molar-refractivity contribution in [3.63, 3.8) is 0 Å². The summed E-state index contributed by atoms with van der Waals surface area (Å²) in [5.74, 6) is -3.65. The summed E-state index contributed by atoms with van der Waals surface area (Å²) >= 11 is 6.09. The molecule has 1 aliphatic carbocycles. The van der Waals surface area contributed by atoms with Crippen LogP contribution >= 0.6 is 11.6 Å². The van der Waals surface area contributed by atoms with Gasteiger partial charge in [0.05, 0.1) is 40.3 Å². The van der Waals surface area contributed by atoms with Crippen molar-refractivity contribution in [2.45, 2.75) is 31.8 Å². The van der Waals surface area contributed by atoms with Gasteiger partial charge in [0.1, 0.15) is 11.6 Å². The van der Waals surface area contributed by atoms with Crippen molar-refractivity contribution in [1.29, 1.82) is 0 Å². The summed E-state index contributed by atoms with van der Waals surface area (Å²) in [7, 11) is 0. The molecule has 1 N–H and O–H groups in total. The fraction of sp³-hybridized carbons (Fsp3) is 0.200. The maximum atomic E-state index is 14.7. The summed E-state index contributed by atoms with van der Waals surface area (Å²) in [6.07, 6.45) is 1.88. The molecular formula is C35H26ClFN4O5. The summed E-state index contributed by atoms with van der Waals surface area (Å²) in [6, 6.07) is 22.3. The number of hydrogen-bond donors (Lipinski definition) is 1. The van der Waals surface area contributed by atoms with Crippen LogP contribution in [-0.2, 0) is 16.1 Å². The third-order valence-electron chi connectivity index (χ3n) is 9.95. The van der Waals surface area contributed by atoms with Crippen LogP contribution in [-0.4, -0.2) is 30.9 Å². The predicted octanol–water partition coefficient (Wildman–Crippen LogP) is 5.32. The van der Waals surface area contributed by atoms with Crippen LogP contribution in [0.1, 0.15) is 30.9 Å². The lowest BCUT2D eigenvalue weighted by Crippen LogP contribution is -2.49. The maximum Gasteiger partial charge on any atom is 0.352 e. The van der Waals surface area contributed by atoms with E-state index in [1.165, 1.54) is 21.5 Å². The lowest BCUT2D eigenvalue weighted by Gasteiger charge is -2.47. The maximum absolute atomic E-state index is 14.7. The number of carbonyl (C=O) groups excluding carboxylic acids is 2. The fourth-order valence-electron chi connectivity index (χ4n) is 7.84. The molecule has 2 fully saturated rings. The molecule has 4 aromatic carbocycles. The molecule has 2 amide bonds. The number of amides is 2. The van der Waals surface area contributed by atoms with Crippen molar-refractivity contribution in [3.8, 4) is 11.4 Å². The van der Waals surface area contributed by atoms with Gasteiger partial charge in [0.25, 0.3) is 0 Å². The molecule has 2 aliphatic heterocycles. The Balaban J connectivity index is 1.39. The standard InChI is InChI=1S/C35H26ClFN4O5/c1-35-24(31(43)39(32(35)44)21-12-13-26(37)25(36)17-21)18-27-23(30(35)29-22-10-6-5-7-19(22)11-14-28(29)42)15-16-38-33(45)40(34(46)41(27)38)20-8-3-2-4-9-20/h2-15,17,24,27,30,42H,16,18H2,1H3/t24-,27+,30+,35+/m0/s1. The SMILES string of the molecule is C[C@@]12C(=O)N(c3ccc(F)c(Cl)c3)C(=O)[C@@H]1C[C@@H]1C(=CCn3c(=O)n(-c4ccccc4)c(=O)n31)[C@@H]2c1c(O)ccc2ccccc12. The topological polar surface area (TPSA) is 107 Å². The Kier molecular flexibility index (Phi) is 6.08. The minimum atomic E-state index is -1.42. The molecule has 1 saturated heterocycles. The van der Waals surface area contributed by atoms with E-state index in [1.54, 1.807) is 49.4 Å². The van der Waals surface area contributed by atoms with Crippen molar-refractivity contribution in [1.82, 2.24) is 13.9 Å². The van der Waals surface area contributed by atoms with Crippen molar-refractivity contribution in [2.24, 2.45) is 11.3 Å². The number of hydrogen-bond acceptors (Lipinski definition) is 5. The first kappa shape index (κ1) is 28.3. The highest BCUT2D eigenvalue weighted by Crippen LogP contribution is 2.63. The highest BCUT2D eigenvalue weighted by Gasteiger charge is 2.66. The van der Waals surface area contributed by atoms with E-state index in [0.717, 1.165) is 20.9 Å². The zero-order valence-electron chi connectivity index (χ0n) is 24.4. The number of fused-ring (bicyclic) bond motifs is 5. The summed E-state index contributed by atoms with van der Waals surface area (Å²) in [4.78, 5) is 57.8. The van der Waals surface area contributed by atoms with Crippen LogP contribution in [0.15, 0.2) is 106 Å². The van der Waals surface area contributed by atoms with E-state index in [4.69, 9.17) is 11.6 Å². The first-order valence-electron chi connectivity index (χ1n) is 14.9. The lowest BCUT2D eigenvalue weighted by molar-refractivity contribution is -0.129. The monoisotopic (exact) mass is 636 g/mol. The van der Waals surface area contributed by atoms with Gasteiger partial charge in [-0.3, -0.25) is 9.59 Å². The van der Waals surface area contributed by atoms with Crippen molar-refractivity contribution in [2.75, 3.05) is 4.90 Å². The van der Waals surface area contributed by atoms with Gasteiger partial charge >= 0.3 is 11.4 Å². The number of benzene rings is 4. The van der Waals surface area contributed by atoms with Crippen LogP contribution in [0.25, 0.3) is 16.5 Å². The van der Waals surface area contributed by atoms with E-state index in [9.17, 15) is 28.7 Å². The third-order valence-corrected chi connectivity index (χ3v) is 10.2. The Morgan fingerprint density at radius 3 is 2.39 bits per heavy atom. The van der Waals surface area contributed by atoms with E-state index in [1.807, 2.05) is 30.3 Å². The van der Waals surface area contributed by atoms with Gasteiger partial charge in [-0.25, -0.2) is 32.8 Å². The number of aromatic hydroxyl groups is 1. The number of carbonyl (C=O) groups is 2. The Bertz CT molecular complexity index is 2290. The lowest BCUT2D eigenvalue weighted by atomic mass is 9.56. The van der Waals surface area contributed by atoms with Crippen LogP contribution in [0.2, 0.25) is 5.02 Å². The van der Waals surface area contributed by atoms with Gasteiger partial charge in [-0.15, -0.1) is 0 Å². The number of para-hydroxylation sites is 1. The summed E-state index contributed by atoms with van der Waals surface area (Å²) in [5, 5.41) is 12.8. The predicted molar refractivity (Wildman–Crippen MR) is 170 cm³/mol. The number of allylic oxidation sites excluding steroid dienone is 2. The molecule has 0 radical (unpaired) electrons. The van der Waals surface area contributed by atoms with Crippen molar-refractivity contribution >= 4 is 39.9 Å². The van der Waals surface area contributed by atoms with E-state index in [2.05, 4.69) is 0 Å². The molecule has 9 nitrogen and oxygen atoms in total. The van der Waals surface area contributed by atoms with E-state index in [0.29, 0.717) is 22.2 Å². The van der Waals surface area contributed by atoms with Crippen LogP contribution in [0.4, 0.5) is 10.1 Å². The summed E-state index contributed by atoms with van der Waals surface area (Å²) < 4.78 is 18.0. The zero-order valence-corrected chi connectivity index (χ0v) is 25.2. The quantitative estimate of drug-likeness (QED) is 0.213. The number of halogens is 2. The first-order chi connectivity index (χ1) is 22.1. The number of phenols is 1. The average molecular weight is 637 g/mol. The Morgan fingerprint density at radius 2 is 1.63 bits per heavy atom. The summed E-state index contributed by atoms with van der Waals surface area (Å²) in [6.45, 7) is 1.76. The van der Waals surface area contributed by atoms with Crippen LogP contribution in [0, 0.1) is 17.2 Å². The molecule has 230 valence electrons. The second kappa shape index (κ2) is 9.89. The van der Waals surface area contributed by atoms with Gasteiger partial charge in [0.2, 0.25) is 11.8 Å². The second-order valence-corrected chi connectivity index (χ2v) is 12.6. The highest BCUT2D eigenvalue weighted by molar-refractivity contribution is 6.31. The van der Waals surface area contributed by atoms with Gasteiger partial charge in [-0.05, 0) is 66.1 Å². The molecule has 11 heteroatoms. The van der Waals surface area contributed by atoms with Gasteiger partial charge < -0.3 is 5.11 Å². The number of anilines is 1. The highest BCUT2D eigenvalue weighted by atomic mass is 35.5. The molecule has 8 rings (SSSR count). The van der Waals surface area contributed by atoms with E-state index < -0.39 is 52.3 Å². The minimum Gasteiger partial charge on any atom is -0.508 e. The molecule has 0 spiro atoms. The molecule has 46 heavy (non-hydrogen) atoms. The molecule has 5 aromatic rings. The number of aromatic nitrogens is 3. The van der Waals surface area contributed by atoms with Crippen molar-refractivity contribution < 1.29 is 19.1 Å². The number of phenolic OH excluding ortho intramolecular Hbond substituents is 1. The molecule has 0 unspecified atom stereocenters. The summed E-state index contributed by atoms with van der Waals surface area (Å²) in [5.41, 5.74) is -0.888. The molecule has 1 aromatic heterocycles. The van der Waals surface area contributed by atoms with Crippen LogP contribution < -0.4 is 16.3 Å². The number of nitrogens with zero attached hydrogens (tertiary/aromatic N) is 4. The van der Waals surface area contributed by atoms with E-state index in [-0.39, 0.29) is 29.4 Å². The van der Waals surface area contributed by atoms with Gasteiger partial charge in [-0.1, -0.05) is 66.2 Å². The average Bonchev–Trinajstić information content (AvgIpc) is 3.43. The molecule has 1 saturated carbocycles. The Hall–Kier alpha value is -5.22. The fourth-order valence-corrected chi connectivity index (χ4v) is 8.02. The second-order valence-electron chi connectivity index (χ2n) is 12.2. The zero-order chi connectivity index (χ0) is 32.1. The molecule has 3 aliphatic rings. The van der Waals surface area contributed by atoms with Gasteiger partial charge in [-0.2, -0.15) is 0 Å². The Morgan fingerprint density at radius 1 is 0.891 bits per heavy atom. The molecule has 0 bridgehead atoms. The largest absolute Gasteiger partial charge is 0.508 e. The smallest absolute Gasteiger partial charge is 0.352 e. The minimum absolute atomic E-state index is 0.0402. The first-order valence-corrected chi connectivity index (χ1v) is 15.2. The molecule has 3 heterocycles.